The fourth-order valence-electron chi connectivity index (χ4n) is 2.00. The van der Waals surface area contributed by atoms with E-state index in [4.69, 9.17) is 44.3 Å². The van der Waals surface area contributed by atoms with Gasteiger partial charge in [0.1, 0.15) is 12.6 Å². The smallest absolute Gasteiger partial charge is 0.408 e. The molecule has 5 nitrogen and oxygen atoms in total. The second kappa shape index (κ2) is 9.67. The van der Waals surface area contributed by atoms with Crippen molar-refractivity contribution in [1.82, 2.24) is 5.32 Å². The minimum absolute atomic E-state index is 0.0592. The Hall–Kier alpha value is -1.95. The van der Waals surface area contributed by atoms with E-state index in [2.05, 4.69) is 5.32 Å². The lowest BCUT2D eigenvalue weighted by molar-refractivity contribution is -0.136. The van der Waals surface area contributed by atoms with Gasteiger partial charge < -0.3 is 14.8 Å². The van der Waals surface area contributed by atoms with Crippen LogP contribution in [0.2, 0.25) is 15.1 Å². The van der Waals surface area contributed by atoms with Crippen LogP contribution in [-0.4, -0.2) is 18.1 Å². The van der Waals surface area contributed by atoms with Gasteiger partial charge >= 0.3 is 12.1 Å². The number of esters is 1. The molecular weight excluding hydrogens is 401 g/mol. The summed E-state index contributed by atoms with van der Waals surface area (Å²) in [5, 5.41) is 3.04. The summed E-state index contributed by atoms with van der Waals surface area (Å²) in [7, 11) is 0. The van der Waals surface area contributed by atoms with Gasteiger partial charge in [-0.3, -0.25) is 0 Å². The number of rotatable bonds is 6. The van der Waals surface area contributed by atoms with Crippen molar-refractivity contribution < 1.29 is 19.1 Å². The van der Waals surface area contributed by atoms with Gasteiger partial charge in [0, 0.05) is 6.07 Å². The summed E-state index contributed by atoms with van der Waals surface area (Å²) < 4.78 is 10.3. The Balaban J connectivity index is 1.93. The first-order chi connectivity index (χ1) is 12.4. The average Bonchev–Trinajstić information content (AvgIpc) is 2.63. The van der Waals surface area contributed by atoms with Crippen molar-refractivity contribution in [3.05, 3.63) is 63.1 Å². The summed E-state index contributed by atoms with van der Waals surface area (Å²) in [5.74, 6) is -0.631. The minimum atomic E-state index is -0.899. The molecule has 1 atom stereocenters. The number of hydrogen-bond donors (Lipinski definition) is 1. The molecule has 0 saturated carbocycles. The molecule has 138 valence electrons. The quantitative estimate of drug-likeness (QED) is 0.396. The fraction of sp³-hybridized carbons (Fsp3) is 0.222. The van der Waals surface area contributed by atoms with E-state index >= 15 is 0 Å². The standard InChI is InChI=1S/C18H16Cl3NO4/c1-2-15(22-18(24)25-10-11-6-4-3-5-7-11)17(23)26-16-9-13(20)12(19)8-14(16)21/h3-9,15H,2,10H2,1H3,(H,22,24)/t15-/m0/s1. The molecular formula is C18H16Cl3NO4. The Labute approximate surface area is 166 Å². The molecule has 0 aliphatic rings. The molecule has 0 radical (unpaired) electrons. The molecule has 0 aromatic heterocycles. The van der Waals surface area contributed by atoms with E-state index in [9.17, 15) is 9.59 Å². The van der Waals surface area contributed by atoms with Crippen LogP contribution in [0, 0.1) is 0 Å². The zero-order valence-electron chi connectivity index (χ0n) is 13.8. The molecule has 26 heavy (non-hydrogen) atoms. The lowest BCUT2D eigenvalue weighted by Gasteiger charge is -2.16. The van der Waals surface area contributed by atoms with E-state index < -0.39 is 18.1 Å². The van der Waals surface area contributed by atoms with E-state index in [1.54, 1.807) is 6.92 Å². The minimum Gasteiger partial charge on any atom is -0.445 e. The van der Waals surface area contributed by atoms with Gasteiger partial charge in [-0.2, -0.15) is 0 Å². The number of hydrogen-bond acceptors (Lipinski definition) is 4. The lowest BCUT2D eigenvalue weighted by atomic mass is 10.2. The Morgan fingerprint density at radius 3 is 2.35 bits per heavy atom. The Kier molecular flexibility index (Phi) is 7.57. The van der Waals surface area contributed by atoms with Gasteiger partial charge in [0.05, 0.1) is 15.1 Å². The third-order valence-corrected chi connectivity index (χ3v) is 4.40. The molecule has 0 heterocycles. The van der Waals surface area contributed by atoms with Crippen LogP contribution in [0.4, 0.5) is 4.79 Å². The van der Waals surface area contributed by atoms with Crippen LogP contribution in [0.15, 0.2) is 42.5 Å². The third kappa shape index (κ3) is 5.80. The summed E-state index contributed by atoms with van der Waals surface area (Å²) in [5.41, 5.74) is 0.834. The summed E-state index contributed by atoms with van der Waals surface area (Å²) in [6, 6.07) is 11.0. The molecule has 2 rings (SSSR count). The maximum absolute atomic E-state index is 12.3. The lowest BCUT2D eigenvalue weighted by Crippen LogP contribution is -2.42. The molecule has 2 aromatic rings. The summed E-state index contributed by atoms with van der Waals surface area (Å²) in [4.78, 5) is 24.2. The maximum Gasteiger partial charge on any atom is 0.408 e. The van der Waals surface area contributed by atoms with Crippen molar-refractivity contribution in [2.45, 2.75) is 26.0 Å². The van der Waals surface area contributed by atoms with E-state index in [0.29, 0.717) is 6.42 Å². The number of carbonyl (C=O) groups is 2. The van der Waals surface area contributed by atoms with Crippen LogP contribution in [0.25, 0.3) is 0 Å². The van der Waals surface area contributed by atoms with Gasteiger partial charge in [0.2, 0.25) is 0 Å². The van der Waals surface area contributed by atoms with E-state index in [1.165, 1.54) is 12.1 Å². The molecule has 1 amide bonds. The summed E-state index contributed by atoms with van der Waals surface area (Å²) in [6.45, 7) is 1.82. The number of benzene rings is 2. The molecule has 0 aliphatic heterocycles. The highest BCUT2D eigenvalue weighted by atomic mass is 35.5. The van der Waals surface area contributed by atoms with Crippen molar-refractivity contribution in [3.8, 4) is 5.75 Å². The molecule has 0 aliphatic carbocycles. The predicted octanol–water partition coefficient (Wildman–Crippen LogP) is 5.26. The van der Waals surface area contributed by atoms with Gasteiger partial charge in [-0.15, -0.1) is 0 Å². The van der Waals surface area contributed by atoms with Gasteiger partial charge in [0.15, 0.2) is 5.75 Å². The van der Waals surface area contributed by atoms with Gasteiger partial charge in [-0.25, -0.2) is 9.59 Å². The monoisotopic (exact) mass is 415 g/mol. The summed E-state index contributed by atoms with van der Waals surface area (Å²) >= 11 is 17.7. The molecule has 0 unspecified atom stereocenters. The fourth-order valence-corrected chi connectivity index (χ4v) is 2.57. The molecule has 0 bridgehead atoms. The first-order valence-electron chi connectivity index (χ1n) is 7.74. The Morgan fingerprint density at radius 1 is 1.04 bits per heavy atom. The SMILES string of the molecule is CC[C@H](NC(=O)OCc1ccccc1)C(=O)Oc1cc(Cl)c(Cl)cc1Cl. The van der Waals surface area contributed by atoms with Crippen LogP contribution in [0.1, 0.15) is 18.9 Å². The molecule has 0 saturated heterocycles. The van der Waals surface area contributed by atoms with Crippen molar-refractivity contribution in [3.63, 3.8) is 0 Å². The third-order valence-electron chi connectivity index (χ3n) is 3.38. The van der Waals surface area contributed by atoms with Crippen LogP contribution >= 0.6 is 34.8 Å². The zero-order valence-corrected chi connectivity index (χ0v) is 16.1. The number of alkyl carbamates (subject to hydrolysis) is 1. The molecule has 8 heteroatoms. The second-order valence-corrected chi connectivity index (χ2v) is 6.51. The average molecular weight is 417 g/mol. The Morgan fingerprint density at radius 2 is 1.69 bits per heavy atom. The normalized spacial score (nSPS) is 11.5. The predicted molar refractivity (Wildman–Crippen MR) is 101 cm³/mol. The first-order valence-corrected chi connectivity index (χ1v) is 8.87. The van der Waals surface area contributed by atoms with Gasteiger partial charge in [0.25, 0.3) is 0 Å². The largest absolute Gasteiger partial charge is 0.445 e. The molecule has 0 spiro atoms. The summed E-state index contributed by atoms with van der Waals surface area (Å²) in [6.07, 6.45) is -0.420. The van der Waals surface area contributed by atoms with E-state index in [1.807, 2.05) is 30.3 Å². The first kappa shape index (κ1) is 20.4. The second-order valence-electron chi connectivity index (χ2n) is 5.28. The van der Waals surface area contributed by atoms with Gasteiger partial charge in [-0.1, -0.05) is 72.1 Å². The van der Waals surface area contributed by atoms with Crippen LogP contribution in [0.3, 0.4) is 0 Å². The number of carbonyl (C=O) groups excluding carboxylic acids is 2. The zero-order chi connectivity index (χ0) is 19.1. The Bertz CT molecular complexity index is 784. The van der Waals surface area contributed by atoms with E-state index in [0.717, 1.165) is 5.56 Å². The van der Waals surface area contributed by atoms with E-state index in [-0.39, 0.29) is 27.4 Å². The number of nitrogens with one attached hydrogen (secondary N) is 1. The van der Waals surface area contributed by atoms with Crippen molar-refractivity contribution >= 4 is 46.9 Å². The van der Waals surface area contributed by atoms with Crippen LogP contribution < -0.4 is 10.1 Å². The highest BCUT2D eigenvalue weighted by Crippen LogP contribution is 2.34. The highest BCUT2D eigenvalue weighted by molar-refractivity contribution is 6.43. The number of halogens is 3. The number of ether oxygens (including phenoxy) is 2. The molecule has 0 fully saturated rings. The number of amides is 1. The van der Waals surface area contributed by atoms with Crippen molar-refractivity contribution in [1.29, 1.82) is 0 Å². The van der Waals surface area contributed by atoms with Crippen LogP contribution in [-0.2, 0) is 16.1 Å². The van der Waals surface area contributed by atoms with Gasteiger partial charge in [-0.05, 0) is 18.1 Å². The van der Waals surface area contributed by atoms with Crippen LogP contribution in [0.5, 0.6) is 5.75 Å². The topological polar surface area (TPSA) is 64.6 Å². The van der Waals surface area contributed by atoms with Crippen molar-refractivity contribution in [2.75, 3.05) is 0 Å². The van der Waals surface area contributed by atoms with Crippen molar-refractivity contribution in [2.24, 2.45) is 0 Å². The molecule has 1 N–H and O–H groups in total. The molecule has 2 aromatic carbocycles. The highest BCUT2D eigenvalue weighted by Gasteiger charge is 2.23. The maximum atomic E-state index is 12.3.